The number of imide groups is 2. The van der Waals surface area contributed by atoms with Gasteiger partial charge in [-0.2, -0.15) is 0 Å². The molecule has 0 spiro atoms. The first-order valence-electron chi connectivity index (χ1n) is 9.52. The number of thioether (sulfide) groups is 1. The molecule has 1 aromatic carbocycles. The first-order chi connectivity index (χ1) is 14.9. The maximum atomic E-state index is 12.8. The second-order valence-corrected chi connectivity index (χ2v) is 7.93. The molecule has 1 unspecified atom stereocenters. The number of benzene rings is 1. The zero-order valence-corrected chi connectivity index (χ0v) is 17.3. The summed E-state index contributed by atoms with van der Waals surface area (Å²) in [7, 11) is 0. The Bertz CT molecular complexity index is 1120. The van der Waals surface area contributed by atoms with E-state index in [4.69, 9.17) is 0 Å². The third-order valence-electron chi connectivity index (χ3n) is 5.16. The quantitative estimate of drug-likeness (QED) is 0.530. The minimum atomic E-state index is -1.01. The summed E-state index contributed by atoms with van der Waals surface area (Å²) in [4.78, 5) is 66.4. The van der Waals surface area contributed by atoms with Gasteiger partial charge in [-0.3, -0.25) is 34.2 Å². The standard InChI is InChI=1S/C21H18N4O5S/c1-31-17-7-3-12(10-22-17)18(27)23-9-11-2-4-13-14(8-11)21(30)25(20(13)29)15-5-6-16(26)24-19(15)28/h2-4,7-8,10,15H,5-6,9H2,1H3,(H,23,27)(H,24,26,28). The van der Waals surface area contributed by atoms with Crippen molar-refractivity contribution in [2.75, 3.05) is 6.26 Å². The van der Waals surface area contributed by atoms with E-state index in [1.54, 1.807) is 18.2 Å². The molecule has 10 heteroatoms. The van der Waals surface area contributed by atoms with Gasteiger partial charge in [0.05, 0.1) is 21.7 Å². The van der Waals surface area contributed by atoms with Crippen LogP contribution in [0.25, 0.3) is 0 Å². The monoisotopic (exact) mass is 438 g/mol. The lowest BCUT2D eigenvalue weighted by molar-refractivity contribution is -0.136. The molecule has 1 fully saturated rings. The molecule has 3 heterocycles. The van der Waals surface area contributed by atoms with E-state index in [9.17, 15) is 24.0 Å². The lowest BCUT2D eigenvalue weighted by Crippen LogP contribution is -2.54. The molecule has 9 nitrogen and oxygen atoms in total. The molecule has 2 aliphatic heterocycles. The fourth-order valence-corrected chi connectivity index (χ4v) is 3.91. The van der Waals surface area contributed by atoms with Crippen LogP contribution in [0, 0.1) is 0 Å². The molecule has 0 saturated carbocycles. The Labute approximate surface area is 181 Å². The van der Waals surface area contributed by atoms with Gasteiger partial charge in [-0.25, -0.2) is 4.98 Å². The molecule has 158 valence electrons. The fourth-order valence-electron chi connectivity index (χ4n) is 3.55. The van der Waals surface area contributed by atoms with E-state index < -0.39 is 29.7 Å². The molecular weight excluding hydrogens is 420 g/mol. The molecule has 0 bridgehead atoms. The maximum Gasteiger partial charge on any atom is 0.262 e. The van der Waals surface area contributed by atoms with Gasteiger partial charge in [0.2, 0.25) is 11.8 Å². The number of fused-ring (bicyclic) bond motifs is 1. The van der Waals surface area contributed by atoms with Crippen LogP contribution in [-0.2, 0) is 16.1 Å². The molecule has 5 amide bonds. The van der Waals surface area contributed by atoms with E-state index >= 15 is 0 Å². The first kappa shape index (κ1) is 20.7. The zero-order valence-electron chi connectivity index (χ0n) is 16.5. The van der Waals surface area contributed by atoms with Crippen molar-refractivity contribution >= 4 is 41.3 Å². The van der Waals surface area contributed by atoms with Gasteiger partial charge >= 0.3 is 0 Å². The number of nitrogens with one attached hydrogen (secondary N) is 2. The Kier molecular flexibility index (Phi) is 5.55. The summed E-state index contributed by atoms with van der Waals surface area (Å²) >= 11 is 1.47. The summed E-state index contributed by atoms with van der Waals surface area (Å²) in [5, 5.41) is 5.73. The predicted octanol–water partition coefficient (Wildman–Crippen LogP) is 1.13. The second-order valence-electron chi connectivity index (χ2n) is 7.10. The topological polar surface area (TPSA) is 126 Å². The van der Waals surface area contributed by atoms with Gasteiger partial charge in [0.1, 0.15) is 6.04 Å². The third kappa shape index (κ3) is 3.93. The first-order valence-corrected chi connectivity index (χ1v) is 10.7. The summed E-state index contributed by atoms with van der Waals surface area (Å²) < 4.78 is 0. The molecule has 2 aromatic rings. The number of amides is 5. The highest BCUT2D eigenvalue weighted by Crippen LogP contribution is 2.28. The van der Waals surface area contributed by atoms with Crippen molar-refractivity contribution < 1.29 is 24.0 Å². The molecular formula is C21H18N4O5S. The van der Waals surface area contributed by atoms with Crippen molar-refractivity contribution in [1.82, 2.24) is 20.5 Å². The summed E-state index contributed by atoms with van der Waals surface area (Å²) in [6.07, 6.45) is 3.55. The molecule has 0 radical (unpaired) electrons. The second kappa shape index (κ2) is 8.31. The normalized spacial score (nSPS) is 18.1. The Morgan fingerprint density at radius 1 is 1.16 bits per heavy atom. The number of piperidine rings is 1. The molecule has 31 heavy (non-hydrogen) atoms. The Hall–Kier alpha value is -3.53. The van der Waals surface area contributed by atoms with E-state index in [1.807, 2.05) is 6.26 Å². The fraction of sp³-hybridized carbons (Fsp3) is 0.238. The number of aromatic nitrogens is 1. The number of carbonyl (C=O) groups excluding carboxylic acids is 5. The Balaban J connectivity index is 1.47. The number of pyridine rings is 1. The lowest BCUT2D eigenvalue weighted by Gasteiger charge is -2.27. The van der Waals surface area contributed by atoms with E-state index in [-0.39, 0.29) is 36.4 Å². The van der Waals surface area contributed by atoms with Crippen molar-refractivity contribution in [3.05, 3.63) is 58.8 Å². The number of nitrogens with zero attached hydrogens (tertiary/aromatic N) is 2. The molecule has 0 aliphatic carbocycles. The highest BCUT2D eigenvalue weighted by atomic mass is 32.2. The van der Waals surface area contributed by atoms with E-state index in [1.165, 1.54) is 30.1 Å². The van der Waals surface area contributed by atoms with Crippen molar-refractivity contribution in [2.24, 2.45) is 0 Å². The van der Waals surface area contributed by atoms with Crippen LogP contribution < -0.4 is 10.6 Å². The zero-order chi connectivity index (χ0) is 22.1. The number of hydrogen-bond acceptors (Lipinski definition) is 7. The van der Waals surface area contributed by atoms with Gasteiger partial charge in [0.15, 0.2) is 0 Å². The summed E-state index contributed by atoms with van der Waals surface area (Å²) in [5.74, 6) is -2.54. The molecule has 4 rings (SSSR count). The van der Waals surface area contributed by atoms with Crippen molar-refractivity contribution in [3.63, 3.8) is 0 Å². The average Bonchev–Trinajstić information content (AvgIpc) is 3.02. The van der Waals surface area contributed by atoms with Crippen LogP contribution >= 0.6 is 11.8 Å². The van der Waals surface area contributed by atoms with Crippen molar-refractivity contribution in [1.29, 1.82) is 0 Å². The van der Waals surface area contributed by atoms with Crippen LogP contribution in [0.15, 0.2) is 41.6 Å². The van der Waals surface area contributed by atoms with Crippen LogP contribution in [0.2, 0.25) is 0 Å². The lowest BCUT2D eigenvalue weighted by atomic mass is 10.0. The van der Waals surface area contributed by atoms with Gasteiger partial charge in [-0.1, -0.05) is 6.07 Å². The smallest absolute Gasteiger partial charge is 0.262 e. The van der Waals surface area contributed by atoms with Crippen LogP contribution in [0.3, 0.4) is 0 Å². The van der Waals surface area contributed by atoms with Gasteiger partial charge < -0.3 is 5.32 Å². The molecule has 1 atom stereocenters. The molecule has 1 aromatic heterocycles. The van der Waals surface area contributed by atoms with Crippen LogP contribution in [0.5, 0.6) is 0 Å². The number of carbonyl (C=O) groups is 5. The summed E-state index contributed by atoms with van der Waals surface area (Å²) in [6, 6.07) is 7.12. The molecule has 2 N–H and O–H groups in total. The van der Waals surface area contributed by atoms with Gasteiger partial charge in [0.25, 0.3) is 17.7 Å². The van der Waals surface area contributed by atoms with E-state index in [2.05, 4.69) is 15.6 Å². The largest absolute Gasteiger partial charge is 0.348 e. The predicted molar refractivity (Wildman–Crippen MR) is 110 cm³/mol. The van der Waals surface area contributed by atoms with Crippen LogP contribution in [-0.4, -0.2) is 51.7 Å². The molecule has 2 aliphatic rings. The highest BCUT2D eigenvalue weighted by molar-refractivity contribution is 7.98. The minimum absolute atomic E-state index is 0.0634. The van der Waals surface area contributed by atoms with Crippen molar-refractivity contribution in [3.8, 4) is 0 Å². The third-order valence-corrected chi connectivity index (χ3v) is 5.82. The van der Waals surface area contributed by atoms with Gasteiger partial charge in [0, 0.05) is 19.2 Å². The minimum Gasteiger partial charge on any atom is -0.348 e. The Morgan fingerprint density at radius 3 is 2.61 bits per heavy atom. The van der Waals surface area contributed by atoms with Crippen molar-refractivity contribution in [2.45, 2.75) is 30.5 Å². The van der Waals surface area contributed by atoms with Gasteiger partial charge in [-0.05, 0) is 42.5 Å². The number of hydrogen-bond donors (Lipinski definition) is 2. The van der Waals surface area contributed by atoms with Gasteiger partial charge in [-0.15, -0.1) is 11.8 Å². The van der Waals surface area contributed by atoms with Crippen LogP contribution in [0.4, 0.5) is 0 Å². The SMILES string of the molecule is CSc1ccc(C(=O)NCc2ccc3c(c2)C(=O)N(C2CCC(=O)NC2=O)C3=O)cn1. The van der Waals surface area contributed by atoms with E-state index in [0.717, 1.165) is 9.93 Å². The Morgan fingerprint density at radius 2 is 1.94 bits per heavy atom. The average molecular weight is 438 g/mol. The van der Waals surface area contributed by atoms with Crippen LogP contribution in [0.1, 0.15) is 49.5 Å². The summed E-state index contributed by atoms with van der Waals surface area (Å²) in [6.45, 7) is 0.149. The van der Waals surface area contributed by atoms with E-state index in [0.29, 0.717) is 11.1 Å². The summed E-state index contributed by atoms with van der Waals surface area (Å²) in [5.41, 5.74) is 1.41. The molecule has 1 saturated heterocycles. The maximum absolute atomic E-state index is 12.8. The number of rotatable bonds is 5. The highest BCUT2D eigenvalue weighted by Gasteiger charge is 2.44.